The molecule has 0 fully saturated rings. The van der Waals surface area contributed by atoms with Crippen molar-refractivity contribution in [1.29, 1.82) is 0 Å². The van der Waals surface area contributed by atoms with Crippen molar-refractivity contribution < 1.29 is 4.79 Å². The lowest BCUT2D eigenvalue weighted by atomic mass is 10.1. The summed E-state index contributed by atoms with van der Waals surface area (Å²) in [6.07, 6.45) is 1.36. The first-order valence-corrected chi connectivity index (χ1v) is 6.91. The van der Waals surface area contributed by atoms with E-state index in [1.54, 1.807) is 0 Å². The van der Waals surface area contributed by atoms with Gasteiger partial charge in [-0.15, -0.1) is 0 Å². The summed E-state index contributed by atoms with van der Waals surface area (Å²) >= 11 is 0. The fourth-order valence-corrected chi connectivity index (χ4v) is 2.07. The molecule has 0 amide bonds. The maximum atomic E-state index is 11.8. The zero-order valence-electron chi connectivity index (χ0n) is 11.5. The van der Waals surface area contributed by atoms with Gasteiger partial charge in [0.05, 0.1) is 0 Å². The molecule has 104 valence electrons. The van der Waals surface area contributed by atoms with E-state index in [4.69, 9.17) is 5.73 Å². The quantitative estimate of drug-likeness (QED) is 0.759. The number of nitrogens with two attached hydrogens (primary N) is 1. The largest absolute Gasteiger partial charge is 0.385 e. The van der Waals surface area contributed by atoms with E-state index in [0.717, 1.165) is 24.2 Å². The molecule has 0 bridgehead atoms. The van der Waals surface area contributed by atoms with E-state index in [1.165, 1.54) is 5.56 Å². The molecule has 0 heterocycles. The lowest BCUT2D eigenvalue weighted by molar-refractivity contribution is 0.0985. The molecule has 2 aromatic rings. The third-order valence-electron chi connectivity index (χ3n) is 3.14. The maximum Gasteiger partial charge on any atom is 0.164 e. The van der Waals surface area contributed by atoms with E-state index < -0.39 is 0 Å². The van der Waals surface area contributed by atoms with Crippen LogP contribution in [0.4, 0.5) is 5.69 Å². The van der Waals surface area contributed by atoms with Crippen molar-refractivity contribution in [2.45, 2.75) is 12.8 Å². The molecule has 0 atom stereocenters. The second-order valence-electron chi connectivity index (χ2n) is 4.71. The summed E-state index contributed by atoms with van der Waals surface area (Å²) in [7, 11) is 0. The predicted octanol–water partition coefficient (Wildman–Crippen LogP) is 2.87. The molecular formula is C17H20N2O. The third kappa shape index (κ3) is 4.21. The fraction of sp³-hybridized carbons (Fsp3) is 0.235. The molecule has 0 saturated heterocycles. The zero-order valence-corrected chi connectivity index (χ0v) is 11.5. The predicted molar refractivity (Wildman–Crippen MR) is 83.1 cm³/mol. The molecule has 0 aliphatic carbocycles. The van der Waals surface area contributed by atoms with Crippen molar-refractivity contribution in [2.75, 3.05) is 18.4 Å². The molecular weight excluding hydrogens is 248 g/mol. The Morgan fingerprint density at radius 2 is 1.85 bits per heavy atom. The average molecular weight is 268 g/mol. The lowest BCUT2D eigenvalue weighted by Gasteiger charge is -2.08. The molecule has 0 unspecified atom stereocenters. The van der Waals surface area contributed by atoms with Crippen molar-refractivity contribution in [2.24, 2.45) is 5.73 Å². The van der Waals surface area contributed by atoms with Crippen LogP contribution in [-0.4, -0.2) is 18.9 Å². The Bertz CT molecular complexity index is 552. The molecule has 0 aliphatic heterocycles. The van der Waals surface area contributed by atoms with E-state index in [2.05, 4.69) is 17.4 Å². The van der Waals surface area contributed by atoms with Crippen molar-refractivity contribution in [1.82, 2.24) is 0 Å². The van der Waals surface area contributed by atoms with Crippen LogP contribution in [0.15, 0.2) is 54.6 Å². The Hall–Kier alpha value is -2.13. The van der Waals surface area contributed by atoms with Crippen LogP contribution in [0.25, 0.3) is 0 Å². The molecule has 20 heavy (non-hydrogen) atoms. The van der Waals surface area contributed by atoms with E-state index in [9.17, 15) is 4.79 Å². The number of anilines is 1. The zero-order chi connectivity index (χ0) is 14.2. The Morgan fingerprint density at radius 1 is 1.05 bits per heavy atom. The van der Waals surface area contributed by atoms with Gasteiger partial charge in [-0.2, -0.15) is 0 Å². The number of benzene rings is 2. The van der Waals surface area contributed by atoms with Crippen molar-refractivity contribution in [3.63, 3.8) is 0 Å². The smallest absolute Gasteiger partial charge is 0.164 e. The number of hydrogen-bond acceptors (Lipinski definition) is 3. The molecule has 0 aromatic heterocycles. The van der Waals surface area contributed by atoms with Gasteiger partial charge in [0.25, 0.3) is 0 Å². The summed E-state index contributed by atoms with van der Waals surface area (Å²) in [5, 5.41) is 3.35. The van der Waals surface area contributed by atoms with Crippen LogP contribution in [0.2, 0.25) is 0 Å². The minimum Gasteiger partial charge on any atom is -0.385 e. The van der Waals surface area contributed by atoms with Crippen LogP contribution in [0.5, 0.6) is 0 Å². The Balaban J connectivity index is 1.90. The lowest BCUT2D eigenvalue weighted by Crippen LogP contribution is -2.09. The highest BCUT2D eigenvalue weighted by Crippen LogP contribution is 2.12. The molecule has 3 heteroatoms. The van der Waals surface area contributed by atoms with Crippen LogP contribution in [-0.2, 0) is 6.42 Å². The first-order chi connectivity index (χ1) is 9.79. The molecule has 2 aromatic carbocycles. The summed E-state index contributed by atoms with van der Waals surface area (Å²) < 4.78 is 0. The molecule has 0 aliphatic rings. The third-order valence-corrected chi connectivity index (χ3v) is 3.14. The van der Waals surface area contributed by atoms with Gasteiger partial charge >= 0.3 is 0 Å². The molecule has 0 saturated carbocycles. The van der Waals surface area contributed by atoms with E-state index in [-0.39, 0.29) is 5.78 Å². The monoisotopic (exact) mass is 268 g/mol. The van der Waals surface area contributed by atoms with Gasteiger partial charge in [-0.25, -0.2) is 0 Å². The Kier molecular flexibility index (Phi) is 5.33. The van der Waals surface area contributed by atoms with Crippen LogP contribution >= 0.6 is 0 Å². The number of carbonyl (C=O) groups is 1. The fourth-order valence-electron chi connectivity index (χ4n) is 2.07. The second kappa shape index (κ2) is 7.46. The molecule has 3 N–H and O–H groups in total. The molecule has 3 nitrogen and oxygen atoms in total. The minimum atomic E-state index is 0.0965. The number of hydrogen-bond donors (Lipinski definition) is 2. The van der Waals surface area contributed by atoms with Gasteiger partial charge < -0.3 is 11.1 Å². The number of Topliss-reactive ketones (excluding diaryl/α,β-unsaturated/α-hetero) is 1. The summed E-state index contributed by atoms with van der Waals surface area (Å²) in [6, 6.07) is 17.9. The van der Waals surface area contributed by atoms with Crippen LogP contribution in [0.3, 0.4) is 0 Å². The van der Waals surface area contributed by atoms with Gasteiger partial charge in [-0.05, 0) is 30.7 Å². The first kappa shape index (κ1) is 14.3. The number of rotatable bonds is 7. The van der Waals surface area contributed by atoms with Crippen LogP contribution in [0.1, 0.15) is 22.3 Å². The Labute approximate surface area is 119 Å². The summed E-state index contributed by atoms with van der Waals surface area (Å²) in [4.78, 5) is 11.8. The van der Waals surface area contributed by atoms with Gasteiger partial charge in [0.2, 0.25) is 0 Å². The molecule has 0 spiro atoms. The SMILES string of the molecule is NCCC(=O)c1cccc(NCCc2ccccc2)c1. The van der Waals surface area contributed by atoms with Gasteiger partial charge in [-0.1, -0.05) is 42.5 Å². The van der Waals surface area contributed by atoms with Crippen LogP contribution in [0, 0.1) is 0 Å². The van der Waals surface area contributed by atoms with E-state index >= 15 is 0 Å². The minimum absolute atomic E-state index is 0.0965. The highest BCUT2D eigenvalue weighted by atomic mass is 16.1. The van der Waals surface area contributed by atoms with Gasteiger partial charge in [0, 0.05) is 24.2 Å². The maximum absolute atomic E-state index is 11.8. The van der Waals surface area contributed by atoms with Gasteiger partial charge in [-0.3, -0.25) is 4.79 Å². The number of carbonyl (C=O) groups excluding carboxylic acids is 1. The summed E-state index contributed by atoms with van der Waals surface area (Å²) in [5.41, 5.74) is 8.41. The molecule has 2 rings (SSSR count). The van der Waals surface area contributed by atoms with Crippen molar-refractivity contribution in [3.8, 4) is 0 Å². The number of ketones is 1. The summed E-state index contributed by atoms with van der Waals surface area (Å²) in [6.45, 7) is 1.24. The number of nitrogens with one attached hydrogen (secondary N) is 1. The van der Waals surface area contributed by atoms with Crippen molar-refractivity contribution in [3.05, 3.63) is 65.7 Å². The van der Waals surface area contributed by atoms with Gasteiger partial charge in [0.1, 0.15) is 0 Å². The molecule has 0 radical (unpaired) electrons. The average Bonchev–Trinajstić information content (AvgIpc) is 2.49. The highest BCUT2D eigenvalue weighted by molar-refractivity contribution is 5.97. The van der Waals surface area contributed by atoms with E-state index in [0.29, 0.717) is 13.0 Å². The summed E-state index contributed by atoms with van der Waals surface area (Å²) in [5.74, 6) is 0.0965. The Morgan fingerprint density at radius 3 is 2.60 bits per heavy atom. The second-order valence-corrected chi connectivity index (χ2v) is 4.71. The van der Waals surface area contributed by atoms with Gasteiger partial charge in [0.15, 0.2) is 5.78 Å². The van der Waals surface area contributed by atoms with E-state index in [1.807, 2.05) is 42.5 Å². The highest BCUT2D eigenvalue weighted by Gasteiger charge is 2.04. The topological polar surface area (TPSA) is 55.1 Å². The van der Waals surface area contributed by atoms with Crippen LogP contribution < -0.4 is 11.1 Å². The first-order valence-electron chi connectivity index (χ1n) is 6.91. The standard InChI is InChI=1S/C17H20N2O/c18-11-9-17(20)15-7-4-8-16(13-15)19-12-10-14-5-2-1-3-6-14/h1-8,13,19H,9-12,18H2. The van der Waals surface area contributed by atoms with Crippen molar-refractivity contribution >= 4 is 11.5 Å². The normalized spacial score (nSPS) is 10.2.